The van der Waals surface area contributed by atoms with Gasteiger partial charge in [0.25, 0.3) is 0 Å². The molecule has 88 valence electrons. The van der Waals surface area contributed by atoms with Gasteiger partial charge in [0.2, 0.25) is 0 Å². The van der Waals surface area contributed by atoms with Crippen molar-refractivity contribution in [1.82, 2.24) is 0 Å². The summed E-state index contributed by atoms with van der Waals surface area (Å²) < 4.78 is 13.0. The standard InChI is InChI=1S/C13H14NO2P/c14-16-11-17(15,12-7-3-1-4-8-12)13-9-5-2-6-10-13/h1-10H,11,14H2. The van der Waals surface area contributed by atoms with Crippen molar-refractivity contribution in [3.63, 3.8) is 0 Å². The van der Waals surface area contributed by atoms with E-state index in [4.69, 9.17) is 5.90 Å². The van der Waals surface area contributed by atoms with Crippen LogP contribution in [0.25, 0.3) is 0 Å². The lowest BCUT2D eigenvalue weighted by atomic mass is 10.4. The Bertz CT molecular complexity index is 470. The molecule has 0 spiro atoms. The van der Waals surface area contributed by atoms with E-state index in [0.717, 1.165) is 10.6 Å². The van der Waals surface area contributed by atoms with Crippen LogP contribution in [-0.2, 0) is 9.40 Å². The van der Waals surface area contributed by atoms with E-state index < -0.39 is 7.14 Å². The first-order valence-corrected chi connectivity index (χ1v) is 7.18. The van der Waals surface area contributed by atoms with Gasteiger partial charge in [-0.2, -0.15) is 0 Å². The topological polar surface area (TPSA) is 52.3 Å². The molecule has 0 saturated carbocycles. The van der Waals surface area contributed by atoms with Gasteiger partial charge in [-0.15, -0.1) is 0 Å². The largest absolute Gasteiger partial charge is 0.311 e. The highest BCUT2D eigenvalue weighted by Gasteiger charge is 2.26. The van der Waals surface area contributed by atoms with Crippen molar-refractivity contribution in [3.05, 3.63) is 60.7 Å². The van der Waals surface area contributed by atoms with Crippen LogP contribution in [0.3, 0.4) is 0 Å². The molecular weight excluding hydrogens is 233 g/mol. The van der Waals surface area contributed by atoms with Crippen molar-refractivity contribution in [2.45, 2.75) is 0 Å². The Morgan fingerprint density at radius 3 is 1.65 bits per heavy atom. The van der Waals surface area contributed by atoms with Crippen LogP contribution in [0.1, 0.15) is 0 Å². The number of hydrogen-bond donors (Lipinski definition) is 1. The molecular formula is C13H14NO2P. The molecule has 0 aliphatic rings. The Morgan fingerprint density at radius 1 is 0.882 bits per heavy atom. The molecule has 0 aliphatic carbocycles. The van der Waals surface area contributed by atoms with Crippen molar-refractivity contribution in [3.8, 4) is 0 Å². The fourth-order valence-corrected chi connectivity index (χ4v) is 3.85. The molecule has 2 rings (SSSR count). The molecule has 0 heterocycles. The van der Waals surface area contributed by atoms with Gasteiger partial charge in [0.15, 0.2) is 7.14 Å². The smallest absolute Gasteiger partial charge is 0.169 e. The van der Waals surface area contributed by atoms with Gasteiger partial charge in [-0.1, -0.05) is 60.7 Å². The number of benzene rings is 2. The maximum absolute atomic E-state index is 13.0. The second-order valence-electron chi connectivity index (χ2n) is 3.71. The van der Waals surface area contributed by atoms with Crippen molar-refractivity contribution in [1.29, 1.82) is 0 Å². The SMILES string of the molecule is NOCP(=O)(c1ccccc1)c1ccccc1. The van der Waals surface area contributed by atoms with Crippen LogP contribution in [0.5, 0.6) is 0 Å². The van der Waals surface area contributed by atoms with Crippen molar-refractivity contribution >= 4 is 17.8 Å². The molecule has 0 aromatic heterocycles. The number of rotatable bonds is 4. The molecule has 0 unspecified atom stereocenters. The summed E-state index contributed by atoms with van der Waals surface area (Å²) in [5.74, 6) is 5.12. The summed E-state index contributed by atoms with van der Waals surface area (Å²) in [7, 11) is -2.77. The third-order valence-corrected chi connectivity index (χ3v) is 5.38. The fraction of sp³-hybridized carbons (Fsp3) is 0.0769. The molecule has 0 amide bonds. The zero-order valence-corrected chi connectivity index (χ0v) is 10.2. The van der Waals surface area contributed by atoms with Crippen LogP contribution in [0.15, 0.2) is 60.7 Å². The normalized spacial score (nSPS) is 11.4. The van der Waals surface area contributed by atoms with Crippen LogP contribution in [0.2, 0.25) is 0 Å². The highest BCUT2D eigenvalue weighted by Crippen LogP contribution is 2.42. The van der Waals surface area contributed by atoms with Gasteiger partial charge in [-0.25, -0.2) is 5.90 Å². The predicted octanol–water partition coefficient (Wildman–Crippen LogP) is 1.85. The van der Waals surface area contributed by atoms with Crippen LogP contribution >= 0.6 is 7.14 Å². The third kappa shape index (κ3) is 2.47. The Kier molecular flexibility index (Phi) is 3.75. The molecule has 0 saturated heterocycles. The van der Waals surface area contributed by atoms with Gasteiger partial charge in [0.1, 0.15) is 6.35 Å². The molecule has 0 atom stereocenters. The van der Waals surface area contributed by atoms with Gasteiger partial charge in [-0.05, 0) is 0 Å². The molecule has 0 aliphatic heterocycles. The zero-order valence-electron chi connectivity index (χ0n) is 9.32. The van der Waals surface area contributed by atoms with Crippen molar-refractivity contribution in [2.24, 2.45) is 5.90 Å². The highest BCUT2D eigenvalue weighted by atomic mass is 31.2. The van der Waals surface area contributed by atoms with E-state index >= 15 is 0 Å². The quantitative estimate of drug-likeness (QED) is 0.662. The molecule has 3 nitrogen and oxygen atoms in total. The summed E-state index contributed by atoms with van der Waals surface area (Å²) in [5.41, 5.74) is 0. The Balaban J connectivity index is 2.51. The number of nitrogens with two attached hydrogens (primary N) is 1. The van der Waals surface area contributed by atoms with E-state index in [1.807, 2.05) is 60.7 Å². The van der Waals surface area contributed by atoms with Crippen LogP contribution in [0, 0.1) is 0 Å². The Hall–Kier alpha value is -1.41. The second-order valence-corrected chi connectivity index (χ2v) is 6.48. The minimum absolute atomic E-state index is 0.0149. The summed E-state index contributed by atoms with van der Waals surface area (Å²) in [6.07, 6.45) is 0.0149. The molecule has 0 radical (unpaired) electrons. The third-order valence-electron chi connectivity index (χ3n) is 2.60. The Labute approximate surface area is 101 Å². The van der Waals surface area contributed by atoms with Crippen molar-refractivity contribution < 1.29 is 9.40 Å². The molecule has 2 aromatic rings. The van der Waals surface area contributed by atoms with E-state index in [1.54, 1.807) is 0 Å². The van der Waals surface area contributed by atoms with E-state index in [2.05, 4.69) is 4.84 Å². The van der Waals surface area contributed by atoms with Gasteiger partial charge >= 0.3 is 0 Å². The van der Waals surface area contributed by atoms with Crippen LogP contribution in [0.4, 0.5) is 0 Å². The summed E-state index contributed by atoms with van der Waals surface area (Å²) in [6.45, 7) is 0. The monoisotopic (exact) mass is 247 g/mol. The first-order chi connectivity index (χ1) is 8.27. The van der Waals surface area contributed by atoms with E-state index in [-0.39, 0.29) is 6.35 Å². The minimum atomic E-state index is -2.77. The average molecular weight is 247 g/mol. The van der Waals surface area contributed by atoms with E-state index in [0.29, 0.717) is 0 Å². The highest BCUT2D eigenvalue weighted by molar-refractivity contribution is 7.78. The lowest BCUT2D eigenvalue weighted by Gasteiger charge is -2.17. The molecule has 2 aromatic carbocycles. The first-order valence-electron chi connectivity index (χ1n) is 5.29. The molecule has 0 fully saturated rings. The Morgan fingerprint density at radius 2 is 1.29 bits per heavy atom. The summed E-state index contributed by atoms with van der Waals surface area (Å²) in [4.78, 5) is 4.65. The molecule has 2 N–H and O–H groups in total. The molecule has 4 heteroatoms. The van der Waals surface area contributed by atoms with E-state index in [1.165, 1.54) is 0 Å². The van der Waals surface area contributed by atoms with Gasteiger partial charge in [0, 0.05) is 10.6 Å². The lowest BCUT2D eigenvalue weighted by Crippen LogP contribution is -2.20. The maximum Gasteiger partial charge on any atom is 0.169 e. The van der Waals surface area contributed by atoms with Crippen molar-refractivity contribution in [2.75, 3.05) is 6.35 Å². The predicted molar refractivity (Wildman–Crippen MR) is 69.9 cm³/mol. The van der Waals surface area contributed by atoms with Gasteiger partial charge in [0.05, 0.1) is 0 Å². The zero-order chi connectivity index (χ0) is 12.1. The fourth-order valence-electron chi connectivity index (χ4n) is 1.74. The number of hydrogen-bond acceptors (Lipinski definition) is 3. The summed E-state index contributed by atoms with van der Waals surface area (Å²) in [5, 5.41) is 1.52. The lowest BCUT2D eigenvalue weighted by molar-refractivity contribution is 0.183. The first kappa shape index (κ1) is 12.1. The van der Waals surface area contributed by atoms with E-state index in [9.17, 15) is 4.57 Å². The maximum atomic E-state index is 13.0. The van der Waals surface area contributed by atoms with Gasteiger partial charge < -0.3 is 4.57 Å². The van der Waals surface area contributed by atoms with Gasteiger partial charge in [-0.3, -0.25) is 4.84 Å². The minimum Gasteiger partial charge on any atom is -0.311 e. The van der Waals surface area contributed by atoms with Crippen LogP contribution in [-0.4, -0.2) is 6.35 Å². The van der Waals surface area contributed by atoms with Crippen LogP contribution < -0.4 is 16.5 Å². The second kappa shape index (κ2) is 5.28. The summed E-state index contributed by atoms with van der Waals surface area (Å²) in [6, 6.07) is 18.6. The molecule has 17 heavy (non-hydrogen) atoms. The molecule has 0 bridgehead atoms. The average Bonchev–Trinajstić information content (AvgIpc) is 2.41. The summed E-state index contributed by atoms with van der Waals surface area (Å²) >= 11 is 0.